The van der Waals surface area contributed by atoms with Gasteiger partial charge in [-0.1, -0.05) is 13.5 Å². The van der Waals surface area contributed by atoms with Gasteiger partial charge in [0.05, 0.1) is 5.54 Å². The Labute approximate surface area is 91.0 Å². The van der Waals surface area contributed by atoms with Crippen molar-refractivity contribution in [2.75, 3.05) is 21.3 Å². The van der Waals surface area contributed by atoms with Crippen LogP contribution in [0.2, 0.25) is 5.54 Å². The first kappa shape index (κ1) is 14.3. The second kappa shape index (κ2) is 6.01. The van der Waals surface area contributed by atoms with E-state index in [-0.39, 0.29) is 5.57 Å². The second-order valence-electron chi connectivity index (χ2n) is 3.01. The zero-order valence-corrected chi connectivity index (χ0v) is 10.6. The third-order valence-corrected chi connectivity index (χ3v) is 5.70. The Morgan fingerprint density at radius 1 is 1.33 bits per heavy atom. The normalized spacial score (nSPS) is 13.6. The van der Waals surface area contributed by atoms with Gasteiger partial charge in [-0.3, -0.25) is 0 Å². The summed E-state index contributed by atoms with van der Waals surface area (Å²) in [6.07, 6.45) is 0.548. The summed E-state index contributed by atoms with van der Waals surface area (Å²) in [4.78, 5) is 10.9. The Balaban J connectivity index is 5.06. The summed E-state index contributed by atoms with van der Waals surface area (Å²) in [6.45, 7) is 5.38. The predicted molar refractivity (Wildman–Crippen MR) is 57.6 cm³/mol. The third kappa shape index (κ3) is 2.88. The monoisotopic (exact) mass is 234 g/mol. The van der Waals surface area contributed by atoms with Crippen LogP contribution in [-0.2, 0) is 18.1 Å². The van der Waals surface area contributed by atoms with E-state index in [0.717, 1.165) is 0 Å². The Hall–Kier alpha value is -0.693. The Morgan fingerprint density at radius 3 is 1.93 bits per heavy atom. The number of hydrogen-bond donors (Lipinski definition) is 1. The van der Waals surface area contributed by atoms with Gasteiger partial charge in [-0.2, -0.15) is 0 Å². The van der Waals surface area contributed by atoms with Crippen LogP contribution in [0.25, 0.3) is 0 Å². The fourth-order valence-electron chi connectivity index (χ4n) is 1.54. The summed E-state index contributed by atoms with van der Waals surface area (Å²) in [5.41, 5.74) is -0.357. The summed E-state index contributed by atoms with van der Waals surface area (Å²) in [7, 11) is 1.41. The van der Waals surface area contributed by atoms with Gasteiger partial charge in [0.1, 0.15) is 0 Å². The highest BCUT2D eigenvalue weighted by Gasteiger charge is 2.49. The van der Waals surface area contributed by atoms with E-state index in [1.54, 1.807) is 0 Å². The van der Waals surface area contributed by atoms with Crippen LogP contribution in [0.4, 0.5) is 0 Å². The van der Waals surface area contributed by atoms with Crippen molar-refractivity contribution in [3.63, 3.8) is 0 Å². The number of hydrogen-bond acceptors (Lipinski definition) is 4. The molecule has 0 aromatic rings. The molecule has 0 fully saturated rings. The van der Waals surface area contributed by atoms with Crippen molar-refractivity contribution in [1.82, 2.24) is 0 Å². The highest BCUT2D eigenvalue weighted by molar-refractivity contribution is 6.63. The molecule has 6 heteroatoms. The van der Waals surface area contributed by atoms with E-state index in [1.165, 1.54) is 21.3 Å². The number of carboxylic acids is 1. The molecule has 1 unspecified atom stereocenters. The minimum absolute atomic E-state index is 0.0646. The van der Waals surface area contributed by atoms with Gasteiger partial charge in [0, 0.05) is 26.9 Å². The average Bonchev–Trinajstić information content (AvgIpc) is 2.25. The minimum Gasteiger partial charge on any atom is -0.478 e. The lowest BCUT2D eigenvalue weighted by molar-refractivity contribution is -0.133. The lowest BCUT2D eigenvalue weighted by atomic mass is 10.2. The van der Waals surface area contributed by atoms with Crippen molar-refractivity contribution in [3.8, 4) is 0 Å². The molecule has 0 aromatic carbocycles. The minimum atomic E-state index is -2.95. The van der Waals surface area contributed by atoms with Crippen molar-refractivity contribution in [1.29, 1.82) is 0 Å². The Kier molecular flexibility index (Phi) is 5.74. The topological polar surface area (TPSA) is 65.0 Å². The average molecular weight is 234 g/mol. The quantitative estimate of drug-likeness (QED) is 0.531. The maximum atomic E-state index is 10.9. The van der Waals surface area contributed by atoms with Crippen molar-refractivity contribution in [2.45, 2.75) is 18.9 Å². The molecule has 0 aliphatic heterocycles. The van der Waals surface area contributed by atoms with Crippen LogP contribution in [0.5, 0.6) is 0 Å². The maximum absolute atomic E-state index is 10.9. The zero-order valence-electron chi connectivity index (χ0n) is 9.57. The van der Waals surface area contributed by atoms with Gasteiger partial charge in [-0.25, -0.2) is 4.79 Å². The fourth-order valence-corrected chi connectivity index (χ4v) is 3.94. The molecule has 0 radical (unpaired) electrons. The van der Waals surface area contributed by atoms with Crippen molar-refractivity contribution < 1.29 is 23.2 Å². The summed E-state index contributed by atoms with van der Waals surface area (Å²) in [6, 6.07) is 0. The van der Waals surface area contributed by atoms with Crippen LogP contribution < -0.4 is 0 Å². The van der Waals surface area contributed by atoms with E-state index >= 15 is 0 Å². The molecule has 5 nitrogen and oxygen atoms in total. The SMILES string of the molecule is C=C(C(=O)O)C(CC)[Si](OC)(OC)OC. The lowest BCUT2D eigenvalue weighted by Crippen LogP contribution is -2.48. The molecule has 0 saturated heterocycles. The summed E-state index contributed by atoms with van der Waals surface area (Å²) in [5.74, 6) is -1.05. The molecule has 1 atom stereocenters. The van der Waals surface area contributed by atoms with Crippen molar-refractivity contribution >= 4 is 14.8 Å². The molecule has 0 aromatic heterocycles. The van der Waals surface area contributed by atoms with Crippen LogP contribution >= 0.6 is 0 Å². The van der Waals surface area contributed by atoms with E-state index in [4.69, 9.17) is 18.4 Å². The fraction of sp³-hybridized carbons (Fsp3) is 0.667. The van der Waals surface area contributed by atoms with E-state index in [2.05, 4.69) is 6.58 Å². The Bertz CT molecular complexity index is 228. The van der Waals surface area contributed by atoms with Crippen LogP contribution in [0.3, 0.4) is 0 Å². The molecular formula is C9H18O5Si. The molecule has 0 rings (SSSR count). The highest BCUT2D eigenvalue weighted by atomic mass is 28.4. The van der Waals surface area contributed by atoms with Gasteiger partial charge in [0.15, 0.2) is 0 Å². The second-order valence-corrected chi connectivity index (χ2v) is 6.14. The van der Waals surface area contributed by atoms with Crippen molar-refractivity contribution in [3.05, 3.63) is 12.2 Å². The predicted octanol–water partition coefficient (Wildman–Crippen LogP) is 1.29. The molecule has 15 heavy (non-hydrogen) atoms. The van der Waals surface area contributed by atoms with Crippen LogP contribution in [0.1, 0.15) is 13.3 Å². The molecular weight excluding hydrogens is 216 g/mol. The van der Waals surface area contributed by atoms with Gasteiger partial charge >= 0.3 is 14.8 Å². The Morgan fingerprint density at radius 2 is 1.73 bits per heavy atom. The van der Waals surface area contributed by atoms with Crippen LogP contribution in [0.15, 0.2) is 12.2 Å². The molecule has 0 heterocycles. The smallest absolute Gasteiger partial charge is 0.478 e. The van der Waals surface area contributed by atoms with Gasteiger partial charge < -0.3 is 18.4 Å². The summed E-state index contributed by atoms with van der Waals surface area (Å²) >= 11 is 0. The first-order chi connectivity index (χ1) is 6.98. The molecule has 0 spiro atoms. The molecule has 0 aliphatic carbocycles. The first-order valence-corrected chi connectivity index (χ1v) is 6.36. The van der Waals surface area contributed by atoms with E-state index in [0.29, 0.717) is 6.42 Å². The van der Waals surface area contributed by atoms with Gasteiger partial charge in [0.2, 0.25) is 0 Å². The molecule has 0 amide bonds. The van der Waals surface area contributed by atoms with E-state index in [9.17, 15) is 4.79 Å². The molecule has 1 N–H and O–H groups in total. The number of carboxylic acid groups (broad SMARTS) is 1. The van der Waals surface area contributed by atoms with Gasteiger partial charge in [-0.05, 0) is 6.42 Å². The lowest BCUT2D eigenvalue weighted by Gasteiger charge is -2.31. The number of aliphatic carboxylic acids is 1. The van der Waals surface area contributed by atoms with Crippen LogP contribution in [0, 0.1) is 0 Å². The van der Waals surface area contributed by atoms with E-state index < -0.39 is 20.3 Å². The van der Waals surface area contributed by atoms with E-state index in [1.807, 2.05) is 6.92 Å². The molecule has 0 saturated carbocycles. The summed E-state index contributed by atoms with van der Waals surface area (Å²) in [5, 5.41) is 8.89. The first-order valence-electron chi connectivity index (χ1n) is 4.56. The zero-order chi connectivity index (χ0) is 12.1. The van der Waals surface area contributed by atoms with Crippen LogP contribution in [-0.4, -0.2) is 41.2 Å². The maximum Gasteiger partial charge on any atom is 0.508 e. The highest BCUT2D eigenvalue weighted by Crippen LogP contribution is 2.33. The molecule has 0 aliphatic rings. The van der Waals surface area contributed by atoms with Gasteiger partial charge in [-0.15, -0.1) is 0 Å². The molecule has 0 bridgehead atoms. The largest absolute Gasteiger partial charge is 0.508 e. The number of rotatable bonds is 7. The standard InChI is InChI=1S/C9H18O5Si/c1-6-8(7(2)9(10)11)15(12-3,13-4)14-5/h8H,2,6H2,1,3-5H3,(H,10,11). The van der Waals surface area contributed by atoms with Crippen molar-refractivity contribution in [2.24, 2.45) is 0 Å². The number of carbonyl (C=O) groups is 1. The summed E-state index contributed by atoms with van der Waals surface area (Å²) < 4.78 is 15.7. The molecule has 88 valence electrons. The van der Waals surface area contributed by atoms with Gasteiger partial charge in [0.25, 0.3) is 0 Å². The third-order valence-electron chi connectivity index (χ3n) is 2.38.